The van der Waals surface area contributed by atoms with Crippen molar-refractivity contribution >= 4 is 12.0 Å². The number of urea groups is 1. The number of aliphatic hydroxyl groups excluding tert-OH is 1. The van der Waals surface area contributed by atoms with Crippen LogP contribution >= 0.6 is 0 Å². The van der Waals surface area contributed by atoms with Gasteiger partial charge in [-0.1, -0.05) is 12.1 Å². The summed E-state index contributed by atoms with van der Waals surface area (Å²) in [6.45, 7) is 3.34. The lowest BCUT2D eigenvalue weighted by molar-refractivity contribution is 0.0526. The summed E-state index contributed by atoms with van der Waals surface area (Å²) in [6, 6.07) is 10.9. The summed E-state index contributed by atoms with van der Waals surface area (Å²) in [6.07, 6.45) is 5.85. The zero-order valence-electron chi connectivity index (χ0n) is 16.8. The van der Waals surface area contributed by atoms with Gasteiger partial charge < -0.3 is 20.1 Å². The molecule has 2 N–H and O–H groups in total. The van der Waals surface area contributed by atoms with Crippen molar-refractivity contribution in [3.63, 3.8) is 0 Å². The zero-order chi connectivity index (χ0) is 20.9. The number of aryl methyl sites for hydroxylation is 1. The van der Waals surface area contributed by atoms with Gasteiger partial charge in [0.2, 0.25) is 0 Å². The minimum atomic E-state index is -0.341. The van der Waals surface area contributed by atoms with Gasteiger partial charge in [-0.2, -0.15) is 0 Å². The van der Waals surface area contributed by atoms with Gasteiger partial charge >= 0.3 is 12.0 Å². The molecule has 0 aliphatic carbocycles. The molecule has 0 saturated carbocycles. The Morgan fingerprint density at radius 2 is 1.72 bits per heavy atom. The van der Waals surface area contributed by atoms with Crippen molar-refractivity contribution in [2.75, 3.05) is 32.8 Å². The predicted octanol–water partition coefficient (Wildman–Crippen LogP) is 2.44. The minimum Gasteiger partial charge on any atom is -0.462 e. The average molecular weight is 399 g/mol. The van der Waals surface area contributed by atoms with E-state index in [1.807, 2.05) is 24.3 Å². The first-order valence-electron chi connectivity index (χ1n) is 9.92. The van der Waals surface area contributed by atoms with Gasteiger partial charge in [-0.25, -0.2) is 9.59 Å². The van der Waals surface area contributed by atoms with Crippen LogP contribution in [-0.2, 0) is 17.6 Å². The van der Waals surface area contributed by atoms with Crippen molar-refractivity contribution < 1.29 is 19.4 Å². The van der Waals surface area contributed by atoms with Crippen LogP contribution in [0.1, 0.15) is 34.8 Å². The molecule has 0 saturated heterocycles. The van der Waals surface area contributed by atoms with Crippen LogP contribution in [0, 0.1) is 0 Å². The van der Waals surface area contributed by atoms with Crippen molar-refractivity contribution in [1.29, 1.82) is 0 Å². The molecule has 0 atom stereocenters. The normalized spacial score (nSPS) is 10.4. The van der Waals surface area contributed by atoms with Crippen LogP contribution in [0.25, 0.3) is 0 Å². The lowest BCUT2D eigenvalue weighted by Crippen LogP contribution is -2.43. The molecule has 1 aromatic carbocycles. The predicted molar refractivity (Wildman–Crippen MR) is 111 cm³/mol. The quantitative estimate of drug-likeness (QED) is 0.447. The van der Waals surface area contributed by atoms with Crippen LogP contribution in [0.15, 0.2) is 48.8 Å². The van der Waals surface area contributed by atoms with Crippen molar-refractivity contribution in [3.8, 4) is 0 Å². The van der Waals surface area contributed by atoms with Gasteiger partial charge in [-0.15, -0.1) is 0 Å². The number of hydrogen-bond donors (Lipinski definition) is 2. The number of nitrogens with one attached hydrogen (secondary N) is 1. The molecule has 0 unspecified atom stereocenters. The zero-order valence-corrected chi connectivity index (χ0v) is 16.8. The molecule has 0 aliphatic heterocycles. The third-order valence-corrected chi connectivity index (χ3v) is 4.46. The smallest absolute Gasteiger partial charge is 0.338 e. The lowest BCUT2D eigenvalue weighted by Gasteiger charge is -2.22. The molecule has 2 rings (SSSR count). The fourth-order valence-corrected chi connectivity index (χ4v) is 2.87. The second-order valence-electron chi connectivity index (χ2n) is 6.57. The third-order valence-electron chi connectivity index (χ3n) is 4.46. The molecule has 1 heterocycles. The highest BCUT2D eigenvalue weighted by molar-refractivity contribution is 5.89. The van der Waals surface area contributed by atoms with Crippen molar-refractivity contribution in [3.05, 3.63) is 65.5 Å². The molecule has 0 spiro atoms. The molecule has 0 bridgehead atoms. The van der Waals surface area contributed by atoms with Gasteiger partial charge in [0.05, 0.1) is 18.8 Å². The Bertz CT molecular complexity index is 750. The van der Waals surface area contributed by atoms with Crippen LogP contribution in [0.3, 0.4) is 0 Å². The van der Waals surface area contributed by atoms with E-state index in [9.17, 15) is 14.7 Å². The lowest BCUT2D eigenvalue weighted by atomic mass is 10.1. The maximum absolute atomic E-state index is 12.4. The first-order valence-corrected chi connectivity index (χ1v) is 9.92. The maximum Gasteiger partial charge on any atom is 0.338 e. The highest BCUT2D eigenvalue weighted by atomic mass is 16.5. The van der Waals surface area contributed by atoms with Gasteiger partial charge in [-0.05, 0) is 61.6 Å². The SMILES string of the molecule is CCOC(=O)c1ccc(CCN(CCO)C(=O)NCCCc2ccncc2)cc1. The van der Waals surface area contributed by atoms with Crippen LogP contribution < -0.4 is 5.32 Å². The Balaban J connectivity index is 1.77. The first-order chi connectivity index (χ1) is 14.1. The average Bonchev–Trinajstić information content (AvgIpc) is 2.75. The van der Waals surface area contributed by atoms with Gasteiger partial charge in [-0.3, -0.25) is 4.98 Å². The summed E-state index contributed by atoms with van der Waals surface area (Å²) in [5.74, 6) is -0.341. The van der Waals surface area contributed by atoms with E-state index in [1.54, 1.807) is 36.4 Å². The molecule has 2 amide bonds. The molecule has 2 aromatic rings. The van der Waals surface area contributed by atoms with Gasteiger partial charge in [0, 0.05) is 32.0 Å². The number of benzene rings is 1. The number of nitrogens with zero attached hydrogens (tertiary/aromatic N) is 2. The standard InChI is InChI=1S/C22H29N3O4/c1-2-29-21(27)20-7-5-19(6-8-20)11-15-25(16-17-26)22(28)24-12-3-4-18-9-13-23-14-10-18/h5-10,13-14,26H,2-4,11-12,15-17H2,1H3,(H,24,28). The van der Waals surface area contributed by atoms with Crippen molar-refractivity contribution in [1.82, 2.24) is 15.2 Å². The number of pyridine rings is 1. The van der Waals surface area contributed by atoms with Gasteiger partial charge in [0.15, 0.2) is 0 Å². The molecule has 29 heavy (non-hydrogen) atoms. The van der Waals surface area contributed by atoms with E-state index in [0.29, 0.717) is 31.7 Å². The number of carbonyl (C=O) groups is 2. The molecular weight excluding hydrogens is 370 g/mol. The Morgan fingerprint density at radius 3 is 2.38 bits per heavy atom. The summed E-state index contributed by atoms with van der Waals surface area (Å²) in [5, 5.41) is 12.2. The largest absolute Gasteiger partial charge is 0.462 e. The molecule has 7 nitrogen and oxygen atoms in total. The summed E-state index contributed by atoms with van der Waals surface area (Å²) in [7, 11) is 0. The maximum atomic E-state index is 12.4. The van der Waals surface area contributed by atoms with Crippen molar-refractivity contribution in [2.45, 2.75) is 26.2 Å². The highest BCUT2D eigenvalue weighted by Gasteiger charge is 2.13. The number of ether oxygens (including phenoxy) is 1. The number of esters is 1. The van der Waals surface area contributed by atoms with Crippen LogP contribution in [0.5, 0.6) is 0 Å². The Hall–Kier alpha value is -2.93. The summed E-state index contributed by atoms with van der Waals surface area (Å²) in [4.78, 5) is 29.7. The topological polar surface area (TPSA) is 91.8 Å². The molecule has 0 fully saturated rings. The molecular formula is C22H29N3O4. The number of amides is 2. The fraction of sp³-hybridized carbons (Fsp3) is 0.409. The Morgan fingerprint density at radius 1 is 1.03 bits per heavy atom. The van der Waals surface area contributed by atoms with E-state index in [0.717, 1.165) is 18.4 Å². The number of aromatic nitrogens is 1. The molecule has 7 heteroatoms. The van der Waals surface area contributed by atoms with Crippen LogP contribution in [0.4, 0.5) is 4.79 Å². The summed E-state index contributed by atoms with van der Waals surface area (Å²) < 4.78 is 4.97. The Labute approximate surface area is 171 Å². The summed E-state index contributed by atoms with van der Waals surface area (Å²) in [5.41, 5.74) is 2.70. The first kappa shape index (κ1) is 22.4. The van der Waals surface area contributed by atoms with Crippen LogP contribution in [0.2, 0.25) is 0 Å². The van der Waals surface area contributed by atoms with Crippen LogP contribution in [-0.4, -0.2) is 59.8 Å². The molecule has 1 aromatic heterocycles. The molecule has 0 aliphatic rings. The number of rotatable bonds is 11. The number of carbonyl (C=O) groups excluding carboxylic acids is 2. The monoisotopic (exact) mass is 399 g/mol. The van der Waals surface area contributed by atoms with E-state index in [4.69, 9.17) is 4.74 Å². The summed E-state index contributed by atoms with van der Waals surface area (Å²) >= 11 is 0. The highest BCUT2D eigenvalue weighted by Crippen LogP contribution is 2.08. The van der Waals surface area contributed by atoms with Crippen molar-refractivity contribution in [2.24, 2.45) is 0 Å². The minimum absolute atomic E-state index is 0.0910. The van der Waals surface area contributed by atoms with Gasteiger partial charge in [0.25, 0.3) is 0 Å². The number of aliphatic hydroxyl groups is 1. The number of hydrogen-bond acceptors (Lipinski definition) is 5. The van der Waals surface area contributed by atoms with E-state index in [-0.39, 0.29) is 25.2 Å². The second kappa shape index (κ2) is 12.5. The van der Waals surface area contributed by atoms with E-state index in [1.165, 1.54) is 5.56 Å². The molecule has 156 valence electrons. The second-order valence-corrected chi connectivity index (χ2v) is 6.57. The van der Waals surface area contributed by atoms with Gasteiger partial charge in [0.1, 0.15) is 0 Å². The third kappa shape index (κ3) is 7.91. The van der Waals surface area contributed by atoms with E-state index < -0.39 is 0 Å². The Kier molecular flexibility index (Phi) is 9.65. The molecule has 0 radical (unpaired) electrons. The van der Waals surface area contributed by atoms with E-state index >= 15 is 0 Å². The fourth-order valence-electron chi connectivity index (χ4n) is 2.87. The van der Waals surface area contributed by atoms with E-state index in [2.05, 4.69) is 10.3 Å².